The van der Waals surface area contributed by atoms with Gasteiger partial charge in [0.15, 0.2) is 0 Å². The third kappa shape index (κ3) is 34.2. The molecule has 0 aromatic heterocycles. The first-order valence-electron chi connectivity index (χ1n) is 14.9. The Morgan fingerprint density at radius 3 is 1.00 bits per heavy atom. The normalized spacial score (nSPS) is 11.4. The molecule has 0 aliphatic carbocycles. The van der Waals surface area contributed by atoms with Crippen LogP contribution in [-0.2, 0) is 13.6 Å². The van der Waals surface area contributed by atoms with E-state index in [1.165, 1.54) is 116 Å². The molecule has 0 rings (SSSR count). The highest BCUT2D eigenvalue weighted by Crippen LogP contribution is 2.43. The minimum atomic E-state index is -3.85. The number of phosphoric ester groups is 1. The van der Waals surface area contributed by atoms with Crippen LogP contribution in [0.2, 0.25) is 0 Å². The first-order valence-corrected chi connectivity index (χ1v) is 16.4. The van der Waals surface area contributed by atoms with Gasteiger partial charge >= 0.3 is 7.82 Å². The van der Waals surface area contributed by atoms with E-state index in [2.05, 4.69) is 20.8 Å². The van der Waals surface area contributed by atoms with E-state index in [1.54, 1.807) is 0 Å². The van der Waals surface area contributed by atoms with Crippen LogP contribution in [0.5, 0.6) is 0 Å². The molecule has 0 heterocycles. The number of rotatable bonds is 26. The van der Waals surface area contributed by atoms with Crippen LogP contribution in [0, 0.1) is 0 Å². The molecule has 0 unspecified atom stereocenters. The van der Waals surface area contributed by atoms with Gasteiger partial charge in [-0.3, -0.25) is 9.05 Å². The highest BCUT2D eigenvalue weighted by Gasteiger charge is 2.19. The van der Waals surface area contributed by atoms with Crippen LogP contribution in [0.15, 0.2) is 0 Å². The average molecular weight is 508 g/mol. The summed E-state index contributed by atoms with van der Waals surface area (Å²) in [6.07, 6.45) is 27.2. The second-order valence-corrected chi connectivity index (χ2v) is 11.1. The molecule has 208 valence electrons. The lowest BCUT2D eigenvalue weighted by Crippen LogP contribution is -1.99. The number of nitrogens with two attached hydrogens (primary N) is 1. The molecule has 0 bridgehead atoms. The van der Waals surface area contributed by atoms with Gasteiger partial charge in [0, 0.05) is 0 Å². The molecule has 5 nitrogen and oxygen atoms in total. The second-order valence-electron chi connectivity index (χ2n) is 9.64. The molecule has 0 aliphatic rings. The first kappa shape index (κ1) is 36.2. The lowest BCUT2D eigenvalue weighted by atomic mass is 10.1. The molecule has 0 saturated heterocycles. The molecule has 0 aromatic carbocycles. The third-order valence-electron chi connectivity index (χ3n) is 6.06. The zero-order chi connectivity index (χ0) is 25.6. The van der Waals surface area contributed by atoms with Crippen LogP contribution in [0.1, 0.15) is 162 Å². The smallest absolute Gasteiger partial charge is 0.330 e. The number of hydrogen-bond donors (Lipinski definition) is 2. The van der Waals surface area contributed by atoms with E-state index in [0.29, 0.717) is 13.2 Å². The Morgan fingerprint density at radius 1 is 0.500 bits per heavy atom. The summed E-state index contributed by atoms with van der Waals surface area (Å²) in [6.45, 7) is 8.11. The number of phosphoric acid groups is 1. The Balaban J connectivity index is 0. The molecule has 6 heteroatoms. The summed E-state index contributed by atoms with van der Waals surface area (Å²) in [6, 6.07) is 0. The Morgan fingerprint density at radius 2 is 0.765 bits per heavy atom. The maximum absolute atomic E-state index is 11.8. The highest BCUT2D eigenvalue weighted by molar-refractivity contribution is 7.47. The van der Waals surface area contributed by atoms with E-state index >= 15 is 0 Å². The first-order chi connectivity index (χ1) is 16.5. The lowest BCUT2D eigenvalue weighted by molar-refractivity contribution is 0.145. The van der Waals surface area contributed by atoms with Crippen molar-refractivity contribution in [2.45, 2.75) is 162 Å². The Bertz CT molecular complexity index is 378. The minimum Gasteiger partial charge on any atom is -0.330 e. The van der Waals surface area contributed by atoms with Crippen molar-refractivity contribution in [3.63, 3.8) is 0 Å². The molecule has 0 aromatic rings. The molecule has 0 aliphatic heterocycles. The van der Waals surface area contributed by atoms with Gasteiger partial charge in [0.25, 0.3) is 0 Å². The Labute approximate surface area is 214 Å². The van der Waals surface area contributed by atoms with E-state index in [4.69, 9.17) is 14.8 Å². The largest absolute Gasteiger partial charge is 0.472 e. The average Bonchev–Trinajstić information content (AvgIpc) is 2.82. The van der Waals surface area contributed by atoms with Crippen LogP contribution in [0.4, 0.5) is 0 Å². The van der Waals surface area contributed by atoms with Crippen LogP contribution >= 0.6 is 7.82 Å². The molecular formula is C28H62NO4P. The molecule has 0 spiro atoms. The van der Waals surface area contributed by atoms with E-state index in [-0.39, 0.29) is 0 Å². The molecule has 0 amide bonds. The summed E-state index contributed by atoms with van der Waals surface area (Å²) in [7, 11) is -3.85. The summed E-state index contributed by atoms with van der Waals surface area (Å²) in [5.74, 6) is 0. The van der Waals surface area contributed by atoms with E-state index in [9.17, 15) is 9.46 Å². The second kappa shape index (κ2) is 31.1. The van der Waals surface area contributed by atoms with Gasteiger partial charge in [0.1, 0.15) is 0 Å². The van der Waals surface area contributed by atoms with Gasteiger partial charge in [0.2, 0.25) is 0 Å². The minimum absolute atomic E-state index is 0.322. The predicted octanol–water partition coefficient (Wildman–Crippen LogP) is 9.71. The third-order valence-corrected chi connectivity index (χ3v) is 7.08. The van der Waals surface area contributed by atoms with Gasteiger partial charge in [-0.15, -0.1) is 0 Å². The molecule has 0 saturated carbocycles. The van der Waals surface area contributed by atoms with Crippen molar-refractivity contribution in [1.82, 2.24) is 0 Å². The summed E-state index contributed by atoms with van der Waals surface area (Å²) in [5, 5.41) is 0. The zero-order valence-electron chi connectivity index (χ0n) is 23.4. The van der Waals surface area contributed by atoms with Gasteiger partial charge in [-0.05, 0) is 25.8 Å². The van der Waals surface area contributed by atoms with Crippen molar-refractivity contribution < 1.29 is 18.5 Å². The fourth-order valence-corrected chi connectivity index (χ4v) is 4.57. The van der Waals surface area contributed by atoms with E-state index < -0.39 is 7.82 Å². The summed E-state index contributed by atoms with van der Waals surface area (Å²) >= 11 is 0. The molecule has 0 radical (unpaired) electrons. The van der Waals surface area contributed by atoms with Crippen molar-refractivity contribution in [2.24, 2.45) is 5.73 Å². The Hall–Kier alpha value is 0.0700. The number of hydrogen-bond acceptors (Lipinski definition) is 4. The van der Waals surface area contributed by atoms with Gasteiger partial charge in [-0.2, -0.15) is 0 Å². The van der Waals surface area contributed by atoms with Gasteiger partial charge in [0.05, 0.1) is 13.2 Å². The summed E-state index contributed by atoms with van der Waals surface area (Å²) in [5.41, 5.74) is 5.14. The van der Waals surface area contributed by atoms with Crippen molar-refractivity contribution in [1.29, 1.82) is 0 Å². The van der Waals surface area contributed by atoms with Crippen molar-refractivity contribution in [3.8, 4) is 0 Å². The fourth-order valence-electron chi connectivity index (χ4n) is 3.78. The van der Waals surface area contributed by atoms with Crippen molar-refractivity contribution >= 4 is 7.82 Å². The quantitative estimate of drug-likeness (QED) is 0.0899. The molecule has 34 heavy (non-hydrogen) atoms. The van der Waals surface area contributed by atoms with Crippen LogP contribution in [-0.4, -0.2) is 24.7 Å². The Kier molecular flexibility index (Phi) is 33.1. The highest BCUT2D eigenvalue weighted by atomic mass is 31.2. The fraction of sp³-hybridized carbons (Fsp3) is 1.00. The van der Waals surface area contributed by atoms with Gasteiger partial charge in [-0.25, -0.2) is 4.57 Å². The SMILES string of the molecule is CCCCCCCCCCCCOP(=O)(O)OCCCCCCCCCCCC.CCCCN. The van der Waals surface area contributed by atoms with Gasteiger partial charge in [-0.1, -0.05) is 143 Å². The monoisotopic (exact) mass is 507 g/mol. The maximum Gasteiger partial charge on any atom is 0.472 e. The van der Waals surface area contributed by atoms with E-state index in [1.807, 2.05) is 0 Å². The topological polar surface area (TPSA) is 81.8 Å². The van der Waals surface area contributed by atoms with Crippen LogP contribution < -0.4 is 5.73 Å². The van der Waals surface area contributed by atoms with E-state index in [0.717, 1.165) is 32.2 Å². The molecule has 3 N–H and O–H groups in total. The van der Waals surface area contributed by atoms with Crippen molar-refractivity contribution in [3.05, 3.63) is 0 Å². The number of unbranched alkanes of at least 4 members (excludes halogenated alkanes) is 19. The van der Waals surface area contributed by atoms with Crippen LogP contribution in [0.25, 0.3) is 0 Å². The molecule has 0 fully saturated rings. The van der Waals surface area contributed by atoms with Crippen molar-refractivity contribution in [2.75, 3.05) is 19.8 Å². The lowest BCUT2D eigenvalue weighted by Gasteiger charge is -2.12. The predicted molar refractivity (Wildman–Crippen MR) is 149 cm³/mol. The molecule has 0 atom stereocenters. The van der Waals surface area contributed by atoms with Crippen LogP contribution in [0.3, 0.4) is 0 Å². The maximum atomic E-state index is 11.8. The van der Waals surface area contributed by atoms with Gasteiger partial charge < -0.3 is 10.6 Å². The summed E-state index contributed by atoms with van der Waals surface area (Å²) < 4.78 is 22.0. The zero-order valence-corrected chi connectivity index (χ0v) is 24.3. The molecular weight excluding hydrogens is 445 g/mol. The standard InChI is InChI=1S/C24H51O4P.C4H11N/c1-3-5-7-9-11-13-15-17-19-21-23-27-29(25,26)28-24-22-20-18-16-14-12-10-8-6-4-2;1-2-3-4-5/h3-24H2,1-2H3,(H,25,26);2-5H2,1H3. The summed E-state index contributed by atoms with van der Waals surface area (Å²) in [4.78, 5) is 9.71.